The first kappa shape index (κ1) is 10.6. The molecule has 1 fully saturated rings. The van der Waals surface area contributed by atoms with Crippen molar-refractivity contribution < 1.29 is 9.53 Å². The second kappa shape index (κ2) is 3.32. The molecule has 0 aromatic heterocycles. The van der Waals surface area contributed by atoms with Gasteiger partial charge in [0.05, 0.1) is 6.42 Å². The first-order chi connectivity index (χ1) is 5.88. The van der Waals surface area contributed by atoms with Crippen molar-refractivity contribution in [1.82, 2.24) is 0 Å². The van der Waals surface area contributed by atoms with Crippen LogP contribution in [0.3, 0.4) is 0 Å². The number of ether oxygens (including phenoxy) is 1. The molecule has 0 saturated carbocycles. The molecule has 0 spiro atoms. The quantitative estimate of drug-likeness (QED) is 0.617. The summed E-state index contributed by atoms with van der Waals surface area (Å²) >= 11 is 0. The number of carbonyl (C=O) groups excluding carboxylic acids is 1. The molecule has 0 unspecified atom stereocenters. The van der Waals surface area contributed by atoms with Crippen molar-refractivity contribution in [2.45, 2.75) is 46.6 Å². The average molecular weight is 184 g/mol. The van der Waals surface area contributed by atoms with Crippen LogP contribution in [0, 0.1) is 17.8 Å². The Bertz CT molecular complexity index is 208. The third kappa shape index (κ3) is 1.72. The van der Waals surface area contributed by atoms with Gasteiger partial charge in [0.2, 0.25) is 0 Å². The molecule has 2 nitrogen and oxygen atoms in total. The van der Waals surface area contributed by atoms with Crippen LogP contribution in [0.15, 0.2) is 0 Å². The summed E-state index contributed by atoms with van der Waals surface area (Å²) in [5, 5.41) is 0. The summed E-state index contributed by atoms with van der Waals surface area (Å²) < 4.78 is 5.45. The highest BCUT2D eigenvalue weighted by Gasteiger charge is 2.48. The van der Waals surface area contributed by atoms with E-state index in [4.69, 9.17) is 4.74 Å². The predicted molar refractivity (Wildman–Crippen MR) is 52.3 cm³/mol. The molecule has 0 N–H and O–H groups in total. The van der Waals surface area contributed by atoms with Crippen molar-refractivity contribution in [2.24, 2.45) is 17.8 Å². The molecule has 2 atom stereocenters. The highest BCUT2D eigenvalue weighted by molar-refractivity contribution is 5.73. The van der Waals surface area contributed by atoms with E-state index >= 15 is 0 Å². The number of hydrogen-bond donors (Lipinski definition) is 0. The summed E-state index contributed by atoms with van der Waals surface area (Å²) in [6.07, 6.45) is 0.590. The van der Waals surface area contributed by atoms with Gasteiger partial charge in [-0.3, -0.25) is 4.79 Å². The molecule has 0 amide bonds. The van der Waals surface area contributed by atoms with Gasteiger partial charge in [-0.15, -0.1) is 0 Å². The Morgan fingerprint density at radius 1 is 1.38 bits per heavy atom. The summed E-state index contributed by atoms with van der Waals surface area (Å²) in [4.78, 5) is 11.3. The summed E-state index contributed by atoms with van der Waals surface area (Å²) in [5.41, 5.74) is -0.245. The summed E-state index contributed by atoms with van der Waals surface area (Å²) in [7, 11) is 0. The van der Waals surface area contributed by atoms with Gasteiger partial charge in [0.1, 0.15) is 5.60 Å². The lowest BCUT2D eigenvalue weighted by molar-refractivity contribution is -0.152. The zero-order valence-corrected chi connectivity index (χ0v) is 9.26. The summed E-state index contributed by atoms with van der Waals surface area (Å²) in [6, 6.07) is 0. The van der Waals surface area contributed by atoms with Gasteiger partial charge in [-0.1, -0.05) is 27.7 Å². The molecule has 0 bridgehead atoms. The van der Waals surface area contributed by atoms with Crippen LogP contribution in [0.25, 0.3) is 0 Å². The van der Waals surface area contributed by atoms with Crippen LogP contribution in [0.2, 0.25) is 0 Å². The van der Waals surface area contributed by atoms with Gasteiger partial charge in [0, 0.05) is 5.92 Å². The molecule has 13 heavy (non-hydrogen) atoms. The maximum Gasteiger partial charge on any atom is 0.306 e. The minimum Gasteiger partial charge on any atom is -0.459 e. The number of cyclic esters (lactones) is 1. The van der Waals surface area contributed by atoms with Crippen LogP contribution in [0.4, 0.5) is 0 Å². The molecular formula is C11H20O2. The molecule has 0 radical (unpaired) electrons. The fourth-order valence-corrected chi connectivity index (χ4v) is 2.19. The van der Waals surface area contributed by atoms with Crippen LogP contribution in [-0.4, -0.2) is 11.6 Å². The van der Waals surface area contributed by atoms with Crippen LogP contribution in [0.5, 0.6) is 0 Å². The Labute approximate surface area is 80.7 Å². The number of esters is 1. The van der Waals surface area contributed by atoms with Crippen molar-refractivity contribution in [2.75, 3.05) is 0 Å². The lowest BCUT2D eigenvalue weighted by Gasteiger charge is -2.35. The molecule has 1 rings (SSSR count). The molecule has 1 aliphatic heterocycles. The lowest BCUT2D eigenvalue weighted by Crippen LogP contribution is -2.39. The van der Waals surface area contributed by atoms with Gasteiger partial charge in [-0.25, -0.2) is 0 Å². The van der Waals surface area contributed by atoms with E-state index in [0.717, 1.165) is 0 Å². The van der Waals surface area contributed by atoms with Gasteiger partial charge in [0.25, 0.3) is 0 Å². The maximum atomic E-state index is 11.3. The minimum absolute atomic E-state index is 0.0325. The second-order valence-electron chi connectivity index (χ2n) is 4.87. The maximum absolute atomic E-state index is 11.3. The van der Waals surface area contributed by atoms with Gasteiger partial charge in [0.15, 0.2) is 0 Å². The number of rotatable bonds is 2. The van der Waals surface area contributed by atoms with Crippen LogP contribution in [0.1, 0.15) is 41.0 Å². The molecule has 1 heterocycles. The fourth-order valence-electron chi connectivity index (χ4n) is 2.19. The van der Waals surface area contributed by atoms with E-state index in [1.807, 2.05) is 0 Å². The molecule has 76 valence electrons. The van der Waals surface area contributed by atoms with Crippen molar-refractivity contribution in [3.05, 3.63) is 0 Å². The normalized spacial score (nSPS) is 34.4. The molecule has 1 saturated heterocycles. The Morgan fingerprint density at radius 2 is 1.92 bits per heavy atom. The van der Waals surface area contributed by atoms with E-state index in [1.54, 1.807) is 0 Å². The van der Waals surface area contributed by atoms with Crippen LogP contribution in [-0.2, 0) is 9.53 Å². The monoisotopic (exact) mass is 184 g/mol. The van der Waals surface area contributed by atoms with Crippen molar-refractivity contribution in [1.29, 1.82) is 0 Å². The standard InChI is InChI=1S/C11H20O2/c1-7(2)9-6-10(12)13-11(9,5)8(3)4/h7-9H,6H2,1-5H3/t9-,11-/m1/s1. The largest absolute Gasteiger partial charge is 0.459 e. The average Bonchev–Trinajstić information content (AvgIpc) is 2.27. The molecule has 0 aromatic carbocycles. The van der Waals surface area contributed by atoms with Crippen molar-refractivity contribution in [3.8, 4) is 0 Å². The molecular weight excluding hydrogens is 164 g/mol. The van der Waals surface area contributed by atoms with E-state index in [-0.39, 0.29) is 11.6 Å². The van der Waals surface area contributed by atoms with E-state index < -0.39 is 0 Å². The molecule has 0 aliphatic carbocycles. The van der Waals surface area contributed by atoms with Gasteiger partial charge in [-0.2, -0.15) is 0 Å². The third-order valence-electron chi connectivity index (χ3n) is 3.41. The summed E-state index contributed by atoms with van der Waals surface area (Å²) in [6.45, 7) is 10.6. The van der Waals surface area contributed by atoms with E-state index in [0.29, 0.717) is 24.2 Å². The Balaban J connectivity index is 2.88. The van der Waals surface area contributed by atoms with Crippen molar-refractivity contribution in [3.63, 3.8) is 0 Å². The first-order valence-electron chi connectivity index (χ1n) is 5.09. The third-order valence-corrected chi connectivity index (χ3v) is 3.41. The van der Waals surface area contributed by atoms with Gasteiger partial charge >= 0.3 is 5.97 Å². The molecule has 1 aliphatic rings. The van der Waals surface area contributed by atoms with E-state index in [2.05, 4.69) is 34.6 Å². The van der Waals surface area contributed by atoms with Gasteiger partial charge < -0.3 is 4.74 Å². The SMILES string of the molecule is CC(C)[C@H]1CC(=O)O[C@]1(C)C(C)C. The molecule has 0 aromatic rings. The van der Waals surface area contributed by atoms with Crippen LogP contribution >= 0.6 is 0 Å². The number of carbonyl (C=O) groups is 1. The van der Waals surface area contributed by atoms with Crippen molar-refractivity contribution >= 4 is 5.97 Å². The predicted octanol–water partition coefficient (Wildman–Crippen LogP) is 2.62. The van der Waals surface area contributed by atoms with E-state index in [9.17, 15) is 4.79 Å². The first-order valence-corrected chi connectivity index (χ1v) is 5.09. The topological polar surface area (TPSA) is 26.3 Å². The lowest BCUT2D eigenvalue weighted by atomic mass is 9.74. The Kier molecular flexibility index (Phi) is 2.69. The Morgan fingerprint density at radius 3 is 2.23 bits per heavy atom. The van der Waals surface area contributed by atoms with Crippen LogP contribution < -0.4 is 0 Å². The minimum atomic E-state index is -0.245. The van der Waals surface area contributed by atoms with E-state index in [1.165, 1.54) is 0 Å². The fraction of sp³-hybridized carbons (Fsp3) is 0.909. The number of hydrogen-bond acceptors (Lipinski definition) is 2. The highest BCUT2D eigenvalue weighted by atomic mass is 16.6. The second-order valence-corrected chi connectivity index (χ2v) is 4.87. The van der Waals surface area contributed by atoms with Gasteiger partial charge in [-0.05, 0) is 18.8 Å². The zero-order chi connectivity index (χ0) is 10.2. The molecule has 2 heteroatoms. The Hall–Kier alpha value is -0.530. The zero-order valence-electron chi connectivity index (χ0n) is 9.26. The highest BCUT2D eigenvalue weighted by Crippen LogP contribution is 2.42. The summed E-state index contributed by atoms with van der Waals surface area (Å²) in [5.74, 6) is 1.25. The smallest absolute Gasteiger partial charge is 0.306 e.